The lowest BCUT2D eigenvalue weighted by Crippen LogP contribution is -2.37. The van der Waals surface area contributed by atoms with Gasteiger partial charge in [-0.1, -0.05) is 18.2 Å². The van der Waals surface area contributed by atoms with Gasteiger partial charge in [0.15, 0.2) is 0 Å². The van der Waals surface area contributed by atoms with E-state index in [1.54, 1.807) is 0 Å². The molecule has 0 saturated carbocycles. The van der Waals surface area contributed by atoms with E-state index in [1.807, 2.05) is 18.2 Å². The lowest BCUT2D eigenvalue weighted by molar-refractivity contribution is 0.0374. The van der Waals surface area contributed by atoms with Crippen LogP contribution in [-0.2, 0) is 4.74 Å². The van der Waals surface area contributed by atoms with Crippen molar-refractivity contribution in [2.75, 3.05) is 39.4 Å². The number of ether oxygens (including phenoxy) is 1. The highest BCUT2D eigenvalue weighted by Crippen LogP contribution is 2.23. The first-order chi connectivity index (χ1) is 10.3. The number of rotatable bonds is 6. The highest BCUT2D eigenvalue weighted by atomic mass is 16.5. The summed E-state index contributed by atoms with van der Waals surface area (Å²) in [5, 5.41) is 4.72. The molecule has 21 heavy (non-hydrogen) atoms. The molecular weight excluding hydrogens is 264 g/mol. The first kappa shape index (κ1) is 14.6. The van der Waals surface area contributed by atoms with Crippen molar-refractivity contribution in [3.63, 3.8) is 0 Å². The third-order valence-corrected chi connectivity index (χ3v) is 4.08. The Balaban J connectivity index is 1.44. The van der Waals surface area contributed by atoms with Crippen LogP contribution in [0.1, 0.15) is 25.1 Å². The van der Waals surface area contributed by atoms with Crippen LogP contribution in [0.5, 0.6) is 0 Å². The summed E-state index contributed by atoms with van der Waals surface area (Å²) in [4.78, 5) is 2.47. The summed E-state index contributed by atoms with van der Waals surface area (Å²) in [5.74, 6) is 1.02. The van der Waals surface area contributed by atoms with Gasteiger partial charge < -0.3 is 14.5 Å². The van der Waals surface area contributed by atoms with Crippen LogP contribution in [0.25, 0.3) is 11.0 Å². The van der Waals surface area contributed by atoms with E-state index in [4.69, 9.17) is 9.15 Å². The number of hydrogen-bond acceptors (Lipinski definition) is 4. The van der Waals surface area contributed by atoms with E-state index in [9.17, 15) is 0 Å². The predicted octanol–water partition coefficient (Wildman–Crippen LogP) is 2.81. The summed E-state index contributed by atoms with van der Waals surface area (Å²) in [6, 6.07) is 10.5. The van der Waals surface area contributed by atoms with Crippen molar-refractivity contribution in [1.29, 1.82) is 0 Å². The molecule has 0 amide bonds. The van der Waals surface area contributed by atoms with Crippen LogP contribution >= 0.6 is 0 Å². The molecule has 1 atom stereocenters. The highest BCUT2D eigenvalue weighted by molar-refractivity contribution is 5.77. The maximum atomic E-state index is 5.89. The van der Waals surface area contributed by atoms with Crippen LogP contribution in [0.15, 0.2) is 34.7 Å². The number of benzene rings is 1. The van der Waals surface area contributed by atoms with Crippen molar-refractivity contribution >= 4 is 11.0 Å². The largest absolute Gasteiger partial charge is 0.459 e. The second-order valence-corrected chi connectivity index (χ2v) is 5.67. The Hall–Kier alpha value is -1.36. The maximum Gasteiger partial charge on any atom is 0.134 e. The minimum Gasteiger partial charge on any atom is -0.459 e. The van der Waals surface area contributed by atoms with Crippen molar-refractivity contribution < 1.29 is 9.15 Å². The van der Waals surface area contributed by atoms with E-state index in [0.29, 0.717) is 0 Å². The van der Waals surface area contributed by atoms with Crippen LogP contribution < -0.4 is 5.32 Å². The van der Waals surface area contributed by atoms with Gasteiger partial charge in [-0.2, -0.15) is 0 Å². The number of fused-ring (bicyclic) bond motifs is 1. The molecule has 1 fully saturated rings. The zero-order valence-corrected chi connectivity index (χ0v) is 12.7. The monoisotopic (exact) mass is 288 g/mol. The van der Waals surface area contributed by atoms with E-state index >= 15 is 0 Å². The molecule has 0 unspecified atom stereocenters. The normalized spacial score (nSPS) is 18.1. The second kappa shape index (κ2) is 7.07. The van der Waals surface area contributed by atoms with Gasteiger partial charge in [-0.15, -0.1) is 0 Å². The summed E-state index contributed by atoms with van der Waals surface area (Å²) < 4.78 is 11.2. The van der Waals surface area contributed by atoms with Crippen LogP contribution in [0.2, 0.25) is 0 Å². The van der Waals surface area contributed by atoms with Crippen LogP contribution in [0.3, 0.4) is 0 Å². The van der Waals surface area contributed by atoms with Gasteiger partial charge in [0.25, 0.3) is 0 Å². The number of para-hydroxylation sites is 1. The fraction of sp³-hybridized carbons (Fsp3) is 0.529. The van der Waals surface area contributed by atoms with Crippen molar-refractivity contribution in [2.45, 2.75) is 19.4 Å². The van der Waals surface area contributed by atoms with E-state index in [-0.39, 0.29) is 6.04 Å². The summed E-state index contributed by atoms with van der Waals surface area (Å²) in [5.41, 5.74) is 0.967. The number of hydrogen-bond donors (Lipinski definition) is 1. The van der Waals surface area contributed by atoms with E-state index < -0.39 is 0 Å². The van der Waals surface area contributed by atoms with Crippen LogP contribution in [0, 0.1) is 0 Å². The summed E-state index contributed by atoms with van der Waals surface area (Å²) in [6.45, 7) is 8.20. The molecule has 1 aromatic carbocycles. The number of furan rings is 1. The molecule has 1 saturated heterocycles. The quantitative estimate of drug-likeness (QED) is 0.830. The third kappa shape index (κ3) is 3.84. The average Bonchev–Trinajstić information content (AvgIpc) is 2.96. The molecule has 0 aliphatic carbocycles. The molecule has 1 aliphatic rings. The Morgan fingerprint density at radius 2 is 2.05 bits per heavy atom. The van der Waals surface area contributed by atoms with Crippen LogP contribution in [0.4, 0.5) is 0 Å². The Kier molecular flexibility index (Phi) is 4.91. The van der Waals surface area contributed by atoms with E-state index in [0.717, 1.165) is 57.2 Å². The van der Waals surface area contributed by atoms with Crippen molar-refractivity contribution in [1.82, 2.24) is 10.2 Å². The van der Waals surface area contributed by atoms with Crippen molar-refractivity contribution in [3.8, 4) is 0 Å². The zero-order chi connectivity index (χ0) is 14.5. The molecule has 114 valence electrons. The Morgan fingerprint density at radius 3 is 2.86 bits per heavy atom. The molecule has 0 spiro atoms. The van der Waals surface area contributed by atoms with Gasteiger partial charge in [0.2, 0.25) is 0 Å². The standard InChI is InChI=1S/C17H24N2O2/c1-14(17-13-15-5-2-3-6-16(15)21-17)18-7-4-8-19-9-11-20-12-10-19/h2-3,5-6,13-14,18H,4,7-12H2,1H3/t14-/m1/s1. The lowest BCUT2D eigenvalue weighted by atomic mass is 10.2. The van der Waals surface area contributed by atoms with Gasteiger partial charge in [0, 0.05) is 18.5 Å². The van der Waals surface area contributed by atoms with Crippen molar-refractivity contribution in [3.05, 3.63) is 36.1 Å². The van der Waals surface area contributed by atoms with E-state index in [2.05, 4.69) is 29.3 Å². The molecule has 4 nitrogen and oxygen atoms in total. The topological polar surface area (TPSA) is 37.6 Å². The highest BCUT2D eigenvalue weighted by Gasteiger charge is 2.12. The first-order valence-corrected chi connectivity index (χ1v) is 7.85. The number of morpholine rings is 1. The minimum absolute atomic E-state index is 0.252. The zero-order valence-electron chi connectivity index (χ0n) is 12.7. The fourth-order valence-corrected chi connectivity index (χ4v) is 2.76. The molecule has 1 aromatic heterocycles. The van der Waals surface area contributed by atoms with Crippen LogP contribution in [-0.4, -0.2) is 44.3 Å². The molecule has 1 N–H and O–H groups in total. The molecule has 3 rings (SSSR count). The molecule has 2 aromatic rings. The molecule has 4 heteroatoms. The van der Waals surface area contributed by atoms with Gasteiger partial charge >= 0.3 is 0 Å². The third-order valence-electron chi connectivity index (χ3n) is 4.08. The molecular formula is C17H24N2O2. The Bertz CT molecular complexity index is 528. The molecule has 0 radical (unpaired) electrons. The number of nitrogens with one attached hydrogen (secondary N) is 1. The van der Waals surface area contributed by atoms with Gasteiger partial charge in [-0.05, 0) is 38.6 Å². The second-order valence-electron chi connectivity index (χ2n) is 5.67. The summed E-state index contributed by atoms with van der Waals surface area (Å²) in [6.07, 6.45) is 1.16. The fourth-order valence-electron chi connectivity index (χ4n) is 2.76. The summed E-state index contributed by atoms with van der Waals surface area (Å²) in [7, 11) is 0. The van der Waals surface area contributed by atoms with Gasteiger partial charge in [0.05, 0.1) is 19.3 Å². The maximum absolute atomic E-state index is 5.89. The smallest absolute Gasteiger partial charge is 0.134 e. The Labute approximate surface area is 126 Å². The average molecular weight is 288 g/mol. The first-order valence-electron chi connectivity index (χ1n) is 7.85. The SMILES string of the molecule is C[C@@H](NCCCN1CCOCC1)c1cc2ccccc2o1. The molecule has 0 bridgehead atoms. The van der Waals surface area contributed by atoms with Gasteiger partial charge in [0.1, 0.15) is 11.3 Å². The Morgan fingerprint density at radius 1 is 1.24 bits per heavy atom. The number of nitrogens with zero attached hydrogens (tertiary/aromatic N) is 1. The summed E-state index contributed by atoms with van der Waals surface area (Å²) >= 11 is 0. The predicted molar refractivity (Wildman–Crippen MR) is 84.5 cm³/mol. The van der Waals surface area contributed by atoms with Crippen molar-refractivity contribution in [2.24, 2.45) is 0 Å². The molecule has 2 heterocycles. The molecule has 1 aliphatic heterocycles. The lowest BCUT2D eigenvalue weighted by Gasteiger charge is -2.26. The van der Waals surface area contributed by atoms with Gasteiger partial charge in [-0.25, -0.2) is 0 Å². The minimum atomic E-state index is 0.252. The van der Waals surface area contributed by atoms with E-state index in [1.165, 1.54) is 5.39 Å². The van der Waals surface area contributed by atoms with Gasteiger partial charge in [-0.3, -0.25) is 4.90 Å².